The average Bonchev–Trinajstić information content (AvgIpc) is 1.90. The van der Waals surface area contributed by atoms with Crippen LogP contribution in [-0.2, 0) is 4.84 Å². The molecule has 1 fully saturated rings. The van der Waals surface area contributed by atoms with Crippen LogP contribution < -0.4 is 5.90 Å². The fourth-order valence-corrected chi connectivity index (χ4v) is 1.86. The van der Waals surface area contributed by atoms with Crippen molar-refractivity contribution in [3.05, 3.63) is 0 Å². The molecule has 0 saturated carbocycles. The van der Waals surface area contributed by atoms with Gasteiger partial charge in [-0.2, -0.15) is 0 Å². The molecule has 2 N–H and O–H groups in total. The molecule has 0 aliphatic carbocycles. The molecule has 8 heavy (non-hydrogen) atoms. The van der Waals surface area contributed by atoms with Crippen LogP contribution in [-0.4, -0.2) is 11.2 Å². The first-order chi connectivity index (χ1) is 3.93. The molecule has 3 heteroatoms. The van der Waals surface area contributed by atoms with Gasteiger partial charge in [0.25, 0.3) is 0 Å². The second-order valence-electron chi connectivity index (χ2n) is 1.93. The van der Waals surface area contributed by atoms with Crippen LogP contribution in [0.15, 0.2) is 0 Å². The third kappa shape index (κ3) is 1.65. The highest BCUT2D eigenvalue weighted by Crippen LogP contribution is 2.24. The lowest BCUT2D eigenvalue weighted by Gasteiger charge is -2.17. The van der Waals surface area contributed by atoms with E-state index < -0.39 is 0 Å². The minimum Gasteiger partial charge on any atom is -0.290 e. The van der Waals surface area contributed by atoms with Crippen LogP contribution >= 0.6 is 11.8 Å². The zero-order valence-electron chi connectivity index (χ0n) is 4.80. The Bertz CT molecular complexity index is 63.4. The number of nitrogens with two attached hydrogens (primary N) is 1. The van der Waals surface area contributed by atoms with E-state index in [2.05, 4.69) is 4.84 Å². The van der Waals surface area contributed by atoms with Gasteiger partial charge in [0.05, 0.1) is 0 Å². The van der Waals surface area contributed by atoms with Gasteiger partial charge in [0.2, 0.25) is 0 Å². The van der Waals surface area contributed by atoms with Crippen LogP contribution in [0.25, 0.3) is 0 Å². The Labute approximate surface area is 53.7 Å². The number of thioether (sulfide) groups is 1. The summed E-state index contributed by atoms with van der Waals surface area (Å²) in [6, 6.07) is 0. The van der Waals surface area contributed by atoms with Crippen molar-refractivity contribution in [2.24, 2.45) is 5.90 Å². The Morgan fingerprint density at radius 3 is 2.75 bits per heavy atom. The second kappa shape index (κ2) is 3.33. The van der Waals surface area contributed by atoms with E-state index in [-0.39, 0.29) is 5.44 Å². The third-order valence-electron chi connectivity index (χ3n) is 1.29. The Balaban J connectivity index is 2.13. The lowest BCUT2D eigenvalue weighted by Crippen LogP contribution is -2.16. The summed E-state index contributed by atoms with van der Waals surface area (Å²) in [5.41, 5.74) is 0.281. The Morgan fingerprint density at radius 1 is 1.50 bits per heavy atom. The van der Waals surface area contributed by atoms with E-state index in [0.717, 1.165) is 6.42 Å². The molecule has 0 radical (unpaired) electrons. The summed E-state index contributed by atoms with van der Waals surface area (Å²) in [5.74, 6) is 6.19. The SMILES string of the molecule is NOC1CCCCS1. The van der Waals surface area contributed by atoms with Crippen LogP contribution in [0.3, 0.4) is 0 Å². The molecule has 0 bridgehead atoms. The predicted molar refractivity (Wildman–Crippen MR) is 35.4 cm³/mol. The summed E-state index contributed by atoms with van der Waals surface area (Å²) in [6.45, 7) is 0. The molecule has 2 nitrogen and oxygen atoms in total. The second-order valence-corrected chi connectivity index (χ2v) is 3.20. The number of rotatable bonds is 1. The molecular weight excluding hydrogens is 122 g/mol. The van der Waals surface area contributed by atoms with E-state index in [1.807, 2.05) is 11.8 Å². The lowest BCUT2D eigenvalue weighted by molar-refractivity contribution is 0.105. The van der Waals surface area contributed by atoms with Gasteiger partial charge in [-0.05, 0) is 25.0 Å². The maximum atomic E-state index is 4.98. The van der Waals surface area contributed by atoms with Gasteiger partial charge in [-0.3, -0.25) is 4.84 Å². The average molecular weight is 133 g/mol. The molecule has 48 valence electrons. The summed E-state index contributed by atoms with van der Waals surface area (Å²) in [7, 11) is 0. The Morgan fingerprint density at radius 2 is 2.38 bits per heavy atom. The molecule has 0 spiro atoms. The van der Waals surface area contributed by atoms with Gasteiger partial charge in [-0.25, -0.2) is 5.90 Å². The summed E-state index contributed by atoms with van der Waals surface area (Å²) in [6.07, 6.45) is 3.72. The number of hydrogen-bond donors (Lipinski definition) is 1. The number of hydrogen-bond acceptors (Lipinski definition) is 3. The van der Waals surface area contributed by atoms with Crippen LogP contribution in [0.4, 0.5) is 0 Å². The van der Waals surface area contributed by atoms with Crippen LogP contribution in [0, 0.1) is 0 Å². The zero-order valence-corrected chi connectivity index (χ0v) is 5.62. The van der Waals surface area contributed by atoms with Crippen molar-refractivity contribution in [3.8, 4) is 0 Å². The molecule has 0 aromatic heterocycles. The Kier molecular flexibility index (Phi) is 2.66. The van der Waals surface area contributed by atoms with Gasteiger partial charge in [-0.1, -0.05) is 0 Å². The van der Waals surface area contributed by atoms with Gasteiger partial charge < -0.3 is 0 Å². The first kappa shape index (κ1) is 6.39. The van der Waals surface area contributed by atoms with Crippen molar-refractivity contribution in [3.63, 3.8) is 0 Å². The third-order valence-corrected chi connectivity index (χ3v) is 2.53. The van der Waals surface area contributed by atoms with E-state index >= 15 is 0 Å². The van der Waals surface area contributed by atoms with E-state index in [1.54, 1.807) is 0 Å². The van der Waals surface area contributed by atoms with Crippen LogP contribution in [0.1, 0.15) is 19.3 Å². The van der Waals surface area contributed by atoms with Gasteiger partial charge in [0.15, 0.2) is 0 Å². The molecule has 0 aromatic rings. The first-order valence-electron chi connectivity index (χ1n) is 2.90. The minimum absolute atomic E-state index is 0.281. The fourth-order valence-electron chi connectivity index (χ4n) is 0.819. The highest BCUT2D eigenvalue weighted by atomic mass is 32.2. The monoisotopic (exact) mass is 133 g/mol. The molecule has 1 aliphatic heterocycles. The van der Waals surface area contributed by atoms with Crippen molar-refractivity contribution in [2.45, 2.75) is 24.7 Å². The maximum absolute atomic E-state index is 4.98. The Hall–Kier alpha value is 0.270. The highest BCUT2D eigenvalue weighted by molar-refractivity contribution is 7.99. The van der Waals surface area contributed by atoms with Crippen molar-refractivity contribution in [1.29, 1.82) is 0 Å². The highest BCUT2D eigenvalue weighted by Gasteiger charge is 2.11. The summed E-state index contributed by atoms with van der Waals surface area (Å²) in [5, 5.41) is 0. The minimum atomic E-state index is 0.281. The maximum Gasteiger partial charge on any atom is 0.124 e. The van der Waals surface area contributed by atoms with Crippen LogP contribution in [0.5, 0.6) is 0 Å². The fraction of sp³-hybridized carbons (Fsp3) is 1.00. The summed E-state index contributed by atoms with van der Waals surface area (Å²) in [4.78, 5) is 4.65. The van der Waals surface area contributed by atoms with Crippen molar-refractivity contribution in [2.75, 3.05) is 5.75 Å². The first-order valence-corrected chi connectivity index (χ1v) is 3.95. The molecule has 1 rings (SSSR count). The lowest BCUT2D eigenvalue weighted by atomic mass is 10.2. The molecule has 1 atom stereocenters. The molecule has 1 saturated heterocycles. The summed E-state index contributed by atoms with van der Waals surface area (Å²) >= 11 is 1.82. The topological polar surface area (TPSA) is 35.2 Å². The molecular formula is C5H11NOS. The van der Waals surface area contributed by atoms with Crippen LogP contribution in [0.2, 0.25) is 0 Å². The van der Waals surface area contributed by atoms with Gasteiger partial charge in [0, 0.05) is 0 Å². The standard InChI is InChI=1S/C5H11NOS/c6-7-5-3-1-2-4-8-5/h5H,1-4,6H2. The van der Waals surface area contributed by atoms with Crippen molar-refractivity contribution < 1.29 is 4.84 Å². The quantitative estimate of drug-likeness (QED) is 0.544. The zero-order chi connectivity index (χ0) is 5.82. The summed E-state index contributed by atoms with van der Waals surface area (Å²) < 4.78 is 0. The van der Waals surface area contributed by atoms with Gasteiger partial charge in [-0.15, -0.1) is 11.8 Å². The predicted octanol–water partition coefficient (Wildman–Crippen LogP) is 1.12. The van der Waals surface area contributed by atoms with E-state index in [1.165, 1.54) is 18.6 Å². The van der Waals surface area contributed by atoms with Gasteiger partial charge in [0.1, 0.15) is 5.44 Å². The smallest absolute Gasteiger partial charge is 0.124 e. The largest absolute Gasteiger partial charge is 0.290 e. The molecule has 1 unspecified atom stereocenters. The molecule has 1 heterocycles. The molecule has 0 amide bonds. The van der Waals surface area contributed by atoms with Crippen molar-refractivity contribution >= 4 is 11.8 Å². The molecule has 1 aliphatic rings. The normalized spacial score (nSPS) is 30.4. The molecule has 0 aromatic carbocycles. The van der Waals surface area contributed by atoms with Gasteiger partial charge >= 0.3 is 0 Å². The van der Waals surface area contributed by atoms with E-state index in [0.29, 0.717) is 0 Å². The van der Waals surface area contributed by atoms with Crippen molar-refractivity contribution in [1.82, 2.24) is 0 Å². The van der Waals surface area contributed by atoms with E-state index in [4.69, 9.17) is 5.90 Å². The van der Waals surface area contributed by atoms with E-state index in [9.17, 15) is 0 Å².